The zero-order valence-corrected chi connectivity index (χ0v) is 12.7. The van der Waals surface area contributed by atoms with Gasteiger partial charge in [0.2, 0.25) is 0 Å². The minimum atomic E-state index is 0.104. The number of carbonyl (C=O) groups is 1. The van der Waals surface area contributed by atoms with Gasteiger partial charge >= 0.3 is 0 Å². The summed E-state index contributed by atoms with van der Waals surface area (Å²) in [6.07, 6.45) is 2.96. The normalized spacial score (nSPS) is 13.6. The third-order valence-electron chi connectivity index (χ3n) is 3.63. The summed E-state index contributed by atoms with van der Waals surface area (Å²) < 4.78 is 0. The Morgan fingerprint density at radius 1 is 1.40 bits per heavy atom. The van der Waals surface area contributed by atoms with Gasteiger partial charge in [-0.25, -0.2) is 4.98 Å². The van der Waals surface area contributed by atoms with Crippen LogP contribution in [-0.2, 0) is 12.8 Å². The van der Waals surface area contributed by atoms with Crippen LogP contribution in [0.25, 0.3) is 0 Å². The molecule has 0 aliphatic carbocycles. The Balaban J connectivity index is 1.90. The van der Waals surface area contributed by atoms with Gasteiger partial charge in [0.15, 0.2) is 0 Å². The molecule has 0 saturated carbocycles. The molecule has 1 aliphatic rings. The molecule has 2 heterocycles. The topological polar surface area (TPSA) is 33.2 Å². The van der Waals surface area contributed by atoms with Gasteiger partial charge in [-0.05, 0) is 37.8 Å². The number of hydrogen-bond donors (Lipinski definition) is 0. The lowest BCUT2D eigenvalue weighted by atomic mass is 10.2. The standard InChI is InChI=1S/C16H18N2OS/c1-3-6-14-17-11(2)15(20-14)16(19)18-10-9-12-7-4-5-8-13(12)18/h4-5,7-8H,3,6,9-10H2,1-2H3. The van der Waals surface area contributed by atoms with Crippen molar-refractivity contribution in [1.82, 2.24) is 4.98 Å². The number of nitrogens with zero attached hydrogens (tertiary/aromatic N) is 2. The second kappa shape index (κ2) is 5.37. The molecule has 2 aromatic rings. The smallest absolute Gasteiger partial charge is 0.270 e. The molecule has 0 unspecified atom stereocenters. The first-order valence-electron chi connectivity index (χ1n) is 7.06. The molecule has 1 aromatic heterocycles. The highest BCUT2D eigenvalue weighted by Crippen LogP contribution is 2.31. The molecule has 0 bridgehead atoms. The van der Waals surface area contributed by atoms with E-state index in [0.29, 0.717) is 0 Å². The van der Waals surface area contributed by atoms with Crippen LogP contribution >= 0.6 is 11.3 Å². The van der Waals surface area contributed by atoms with Gasteiger partial charge < -0.3 is 4.90 Å². The number of aromatic nitrogens is 1. The number of para-hydroxylation sites is 1. The van der Waals surface area contributed by atoms with E-state index in [4.69, 9.17) is 0 Å². The average Bonchev–Trinajstić information content (AvgIpc) is 3.02. The van der Waals surface area contributed by atoms with Crippen LogP contribution < -0.4 is 4.90 Å². The fraction of sp³-hybridized carbons (Fsp3) is 0.375. The summed E-state index contributed by atoms with van der Waals surface area (Å²) in [4.78, 5) is 20.0. The number of thiazole rings is 1. The summed E-state index contributed by atoms with van der Waals surface area (Å²) in [5.74, 6) is 0.104. The number of fused-ring (bicyclic) bond motifs is 1. The number of amides is 1. The number of aryl methyl sites for hydroxylation is 2. The second-order valence-electron chi connectivity index (χ2n) is 5.11. The Morgan fingerprint density at radius 2 is 2.20 bits per heavy atom. The average molecular weight is 286 g/mol. The maximum Gasteiger partial charge on any atom is 0.270 e. The van der Waals surface area contributed by atoms with Crippen LogP contribution in [0.3, 0.4) is 0 Å². The Bertz CT molecular complexity index is 648. The quantitative estimate of drug-likeness (QED) is 0.863. The van der Waals surface area contributed by atoms with Crippen molar-refractivity contribution in [3.05, 3.63) is 45.4 Å². The first-order chi connectivity index (χ1) is 9.70. The van der Waals surface area contributed by atoms with Gasteiger partial charge in [-0.3, -0.25) is 4.79 Å². The molecule has 0 radical (unpaired) electrons. The van der Waals surface area contributed by atoms with E-state index in [9.17, 15) is 4.79 Å². The SMILES string of the molecule is CCCc1nc(C)c(C(=O)N2CCc3ccccc32)s1. The van der Waals surface area contributed by atoms with Crippen LogP contribution in [0.1, 0.15) is 39.3 Å². The van der Waals surface area contributed by atoms with E-state index in [0.717, 1.165) is 47.1 Å². The molecule has 4 heteroatoms. The van der Waals surface area contributed by atoms with E-state index in [1.54, 1.807) is 11.3 Å². The Kier molecular flexibility index (Phi) is 3.57. The first-order valence-corrected chi connectivity index (χ1v) is 7.88. The minimum absolute atomic E-state index is 0.104. The molecular formula is C16H18N2OS. The van der Waals surface area contributed by atoms with E-state index in [-0.39, 0.29) is 5.91 Å². The predicted octanol–water partition coefficient (Wildman–Crippen LogP) is 3.61. The van der Waals surface area contributed by atoms with E-state index in [1.807, 2.05) is 30.0 Å². The molecule has 1 aromatic carbocycles. The van der Waals surface area contributed by atoms with Crippen molar-refractivity contribution in [2.45, 2.75) is 33.1 Å². The molecule has 0 N–H and O–H groups in total. The largest absolute Gasteiger partial charge is 0.307 e. The number of anilines is 1. The lowest BCUT2D eigenvalue weighted by Crippen LogP contribution is -2.28. The van der Waals surface area contributed by atoms with Crippen LogP contribution in [0.5, 0.6) is 0 Å². The summed E-state index contributed by atoms with van der Waals surface area (Å²) in [6, 6.07) is 8.16. The van der Waals surface area contributed by atoms with Gasteiger partial charge in [0, 0.05) is 12.2 Å². The predicted molar refractivity (Wildman–Crippen MR) is 82.7 cm³/mol. The number of rotatable bonds is 3. The lowest BCUT2D eigenvalue weighted by Gasteiger charge is -2.16. The first kappa shape index (κ1) is 13.3. The van der Waals surface area contributed by atoms with Crippen molar-refractivity contribution in [2.24, 2.45) is 0 Å². The summed E-state index contributed by atoms with van der Waals surface area (Å²) in [7, 11) is 0. The third kappa shape index (κ3) is 2.24. The van der Waals surface area contributed by atoms with Crippen molar-refractivity contribution < 1.29 is 4.79 Å². The Labute approximate surface area is 123 Å². The third-order valence-corrected chi connectivity index (χ3v) is 4.84. The van der Waals surface area contributed by atoms with Crippen molar-refractivity contribution in [3.8, 4) is 0 Å². The molecule has 3 nitrogen and oxygen atoms in total. The summed E-state index contributed by atoms with van der Waals surface area (Å²) >= 11 is 1.55. The van der Waals surface area contributed by atoms with E-state index >= 15 is 0 Å². The molecule has 0 saturated heterocycles. The minimum Gasteiger partial charge on any atom is -0.307 e. The molecule has 0 atom stereocenters. The molecular weight excluding hydrogens is 268 g/mol. The summed E-state index contributed by atoms with van der Waals surface area (Å²) in [6.45, 7) is 4.85. The van der Waals surface area contributed by atoms with Gasteiger partial charge in [0.1, 0.15) is 4.88 Å². The molecule has 0 fully saturated rings. The Morgan fingerprint density at radius 3 is 3.00 bits per heavy atom. The molecule has 104 valence electrons. The highest BCUT2D eigenvalue weighted by Gasteiger charge is 2.27. The monoisotopic (exact) mass is 286 g/mol. The number of hydrogen-bond acceptors (Lipinski definition) is 3. The molecule has 0 spiro atoms. The van der Waals surface area contributed by atoms with Crippen LogP contribution in [-0.4, -0.2) is 17.4 Å². The molecule has 1 amide bonds. The van der Waals surface area contributed by atoms with Crippen LogP contribution in [0.15, 0.2) is 24.3 Å². The number of carbonyl (C=O) groups excluding carboxylic acids is 1. The summed E-state index contributed by atoms with van der Waals surface area (Å²) in [5, 5.41) is 1.07. The maximum atomic E-state index is 12.7. The van der Waals surface area contributed by atoms with Crippen LogP contribution in [0.4, 0.5) is 5.69 Å². The van der Waals surface area contributed by atoms with Gasteiger partial charge in [0.25, 0.3) is 5.91 Å². The fourth-order valence-corrected chi connectivity index (χ4v) is 3.76. The summed E-state index contributed by atoms with van der Waals surface area (Å²) in [5.41, 5.74) is 3.19. The molecule has 3 rings (SSSR count). The van der Waals surface area contributed by atoms with Crippen molar-refractivity contribution in [1.29, 1.82) is 0 Å². The lowest BCUT2D eigenvalue weighted by molar-refractivity contribution is 0.0992. The van der Waals surface area contributed by atoms with Crippen LogP contribution in [0.2, 0.25) is 0 Å². The highest BCUT2D eigenvalue weighted by molar-refractivity contribution is 7.14. The van der Waals surface area contributed by atoms with E-state index in [1.165, 1.54) is 5.56 Å². The number of benzene rings is 1. The van der Waals surface area contributed by atoms with Gasteiger partial charge in [-0.1, -0.05) is 25.1 Å². The zero-order chi connectivity index (χ0) is 14.1. The zero-order valence-electron chi connectivity index (χ0n) is 11.8. The van der Waals surface area contributed by atoms with Crippen LogP contribution in [0, 0.1) is 6.92 Å². The highest BCUT2D eigenvalue weighted by atomic mass is 32.1. The van der Waals surface area contributed by atoms with Crippen molar-refractivity contribution in [3.63, 3.8) is 0 Å². The maximum absolute atomic E-state index is 12.7. The van der Waals surface area contributed by atoms with Gasteiger partial charge in [-0.2, -0.15) is 0 Å². The molecule has 1 aliphatic heterocycles. The molecule has 20 heavy (non-hydrogen) atoms. The van der Waals surface area contributed by atoms with Crippen molar-refractivity contribution >= 4 is 22.9 Å². The van der Waals surface area contributed by atoms with E-state index in [2.05, 4.69) is 18.0 Å². The fourth-order valence-electron chi connectivity index (χ4n) is 2.64. The second-order valence-corrected chi connectivity index (χ2v) is 6.19. The van der Waals surface area contributed by atoms with Gasteiger partial charge in [0.05, 0.1) is 10.7 Å². The van der Waals surface area contributed by atoms with Gasteiger partial charge in [-0.15, -0.1) is 11.3 Å². The Hall–Kier alpha value is -1.68. The van der Waals surface area contributed by atoms with E-state index < -0.39 is 0 Å². The van der Waals surface area contributed by atoms with Crippen molar-refractivity contribution in [2.75, 3.05) is 11.4 Å².